The van der Waals surface area contributed by atoms with E-state index in [4.69, 9.17) is 4.42 Å². The minimum absolute atomic E-state index is 0.320. The van der Waals surface area contributed by atoms with E-state index in [2.05, 4.69) is 49.3 Å². The lowest BCUT2D eigenvalue weighted by Crippen LogP contribution is -2.33. The van der Waals surface area contributed by atoms with E-state index in [0.717, 1.165) is 17.9 Å². The van der Waals surface area contributed by atoms with Gasteiger partial charge in [0, 0.05) is 13.6 Å². The van der Waals surface area contributed by atoms with Crippen LogP contribution in [0.25, 0.3) is 0 Å². The summed E-state index contributed by atoms with van der Waals surface area (Å²) < 4.78 is 5.27. The van der Waals surface area contributed by atoms with Crippen LogP contribution < -0.4 is 10.2 Å². The summed E-state index contributed by atoms with van der Waals surface area (Å²) in [6.45, 7) is 5.26. The zero-order chi connectivity index (χ0) is 12.7. The van der Waals surface area contributed by atoms with Crippen molar-refractivity contribution in [3.63, 3.8) is 0 Å². The second kappa shape index (κ2) is 4.09. The summed E-state index contributed by atoms with van der Waals surface area (Å²) in [6, 6.07) is 6.96. The Bertz CT molecular complexity index is 574. The van der Waals surface area contributed by atoms with E-state index in [0.29, 0.717) is 6.04 Å². The monoisotopic (exact) mass is 242 g/mol. The molecule has 0 saturated heterocycles. The first-order chi connectivity index (χ1) is 8.65. The number of furan rings is 1. The first kappa shape index (κ1) is 11.2. The maximum atomic E-state index is 5.27. The lowest BCUT2D eigenvalue weighted by molar-refractivity contribution is 0.568. The Balaban J connectivity index is 1.95. The van der Waals surface area contributed by atoms with E-state index in [1.54, 1.807) is 12.5 Å². The number of anilines is 2. The molecule has 3 nitrogen and oxygen atoms in total. The third-order valence-corrected chi connectivity index (χ3v) is 3.64. The minimum Gasteiger partial charge on any atom is -0.468 e. The van der Waals surface area contributed by atoms with Crippen LogP contribution in [0.1, 0.15) is 22.7 Å². The van der Waals surface area contributed by atoms with E-state index < -0.39 is 0 Å². The highest BCUT2D eigenvalue weighted by molar-refractivity contribution is 5.71. The van der Waals surface area contributed by atoms with Crippen LogP contribution in [0.15, 0.2) is 35.1 Å². The zero-order valence-corrected chi connectivity index (χ0v) is 11.0. The maximum Gasteiger partial charge on any atom is 0.116 e. The summed E-state index contributed by atoms with van der Waals surface area (Å²) in [4.78, 5) is 2.24. The molecule has 1 aliphatic heterocycles. The van der Waals surface area contributed by atoms with E-state index in [-0.39, 0.29) is 0 Å². The van der Waals surface area contributed by atoms with Gasteiger partial charge >= 0.3 is 0 Å². The molecule has 1 aromatic heterocycles. The Hall–Kier alpha value is -1.90. The molecule has 0 spiro atoms. The molecule has 1 aromatic carbocycles. The Morgan fingerprint density at radius 2 is 2.11 bits per heavy atom. The predicted octanol–water partition coefficient (Wildman–Crippen LogP) is 3.50. The third-order valence-electron chi connectivity index (χ3n) is 3.64. The molecule has 94 valence electrons. The minimum atomic E-state index is 0.320. The molecule has 2 aromatic rings. The van der Waals surface area contributed by atoms with Crippen LogP contribution >= 0.6 is 0 Å². The number of aryl methyl sites for hydroxylation is 2. The van der Waals surface area contributed by atoms with Gasteiger partial charge in [0.05, 0.1) is 17.4 Å². The molecule has 0 radical (unpaired) electrons. The number of benzene rings is 1. The van der Waals surface area contributed by atoms with Gasteiger partial charge in [-0.3, -0.25) is 0 Å². The molecule has 0 fully saturated rings. The molecule has 0 aliphatic carbocycles. The Morgan fingerprint density at radius 1 is 1.28 bits per heavy atom. The molecule has 2 heterocycles. The molecule has 1 unspecified atom stereocenters. The molecule has 0 bridgehead atoms. The molecule has 3 rings (SSSR count). The molecule has 1 N–H and O–H groups in total. The van der Waals surface area contributed by atoms with Crippen LogP contribution in [0.5, 0.6) is 0 Å². The Labute approximate surface area is 107 Å². The number of likely N-dealkylation sites (N-methyl/N-ethyl adjacent to an activating group) is 1. The van der Waals surface area contributed by atoms with Crippen LogP contribution in [0.4, 0.5) is 11.4 Å². The highest BCUT2D eigenvalue weighted by Gasteiger charge is 2.24. The quantitative estimate of drug-likeness (QED) is 0.829. The van der Waals surface area contributed by atoms with Gasteiger partial charge in [-0.05, 0) is 25.0 Å². The molecule has 0 amide bonds. The van der Waals surface area contributed by atoms with Crippen molar-refractivity contribution in [2.75, 3.05) is 23.8 Å². The fourth-order valence-electron chi connectivity index (χ4n) is 2.69. The van der Waals surface area contributed by atoms with Crippen molar-refractivity contribution in [1.82, 2.24) is 0 Å². The number of hydrogen-bond acceptors (Lipinski definition) is 3. The first-order valence-electron chi connectivity index (χ1n) is 6.26. The van der Waals surface area contributed by atoms with Gasteiger partial charge in [0.1, 0.15) is 12.5 Å². The first-order valence-corrected chi connectivity index (χ1v) is 6.26. The smallest absolute Gasteiger partial charge is 0.116 e. The van der Waals surface area contributed by atoms with Crippen LogP contribution in [0.2, 0.25) is 0 Å². The fourth-order valence-corrected chi connectivity index (χ4v) is 2.69. The van der Waals surface area contributed by atoms with Crippen LogP contribution in [-0.2, 0) is 0 Å². The SMILES string of the molecule is Cc1ccc(C2CN(C)c3cocc3N2)c(C)c1. The lowest BCUT2D eigenvalue weighted by Gasteiger charge is -2.33. The van der Waals surface area contributed by atoms with Crippen molar-refractivity contribution in [2.45, 2.75) is 19.9 Å². The molecule has 18 heavy (non-hydrogen) atoms. The molecule has 0 saturated carbocycles. The van der Waals surface area contributed by atoms with Gasteiger partial charge in [-0.25, -0.2) is 0 Å². The van der Waals surface area contributed by atoms with Gasteiger partial charge < -0.3 is 14.6 Å². The number of nitrogens with one attached hydrogen (secondary N) is 1. The van der Waals surface area contributed by atoms with Crippen LogP contribution in [-0.4, -0.2) is 13.6 Å². The topological polar surface area (TPSA) is 28.4 Å². The van der Waals surface area contributed by atoms with Crippen molar-refractivity contribution in [3.05, 3.63) is 47.4 Å². The third kappa shape index (κ3) is 1.76. The Kier molecular flexibility index (Phi) is 2.54. The highest BCUT2D eigenvalue weighted by Crippen LogP contribution is 2.36. The molecule has 1 aliphatic rings. The molecular formula is C15H18N2O. The molecular weight excluding hydrogens is 224 g/mol. The summed E-state index contributed by atoms with van der Waals surface area (Å²) >= 11 is 0. The van der Waals surface area contributed by atoms with Gasteiger partial charge in [-0.1, -0.05) is 23.8 Å². The van der Waals surface area contributed by atoms with E-state index >= 15 is 0 Å². The maximum absolute atomic E-state index is 5.27. The zero-order valence-electron chi connectivity index (χ0n) is 11.0. The van der Waals surface area contributed by atoms with Gasteiger partial charge in [-0.15, -0.1) is 0 Å². The standard InChI is InChI=1S/C15H18N2O/c1-10-4-5-12(11(2)6-10)13-7-17(3)15-9-18-8-14(15)16-13/h4-6,8-9,13,16H,7H2,1-3H3. The van der Waals surface area contributed by atoms with Crippen molar-refractivity contribution in [3.8, 4) is 0 Å². The van der Waals surface area contributed by atoms with Gasteiger partial charge in [0.25, 0.3) is 0 Å². The predicted molar refractivity (Wildman–Crippen MR) is 74.3 cm³/mol. The van der Waals surface area contributed by atoms with E-state index in [9.17, 15) is 0 Å². The second-order valence-corrected chi connectivity index (χ2v) is 5.11. The summed E-state index contributed by atoms with van der Waals surface area (Å²) in [5.41, 5.74) is 6.22. The van der Waals surface area contributed by atoms with Crippen LogP contribution in [0, 0.1) is 13.8 Å². The van der Waals surface area contributed by atoms with Crippen LogP contribution in [0.3, 0.4) is 0 Å². The number of nitrogens with zero attached hydrogens (tertiary/aromatic N) is 1. The summed E-state index contributed by atoms with van der Waals surface area (Å²) in [5.74, 6) is 0. The number of rotatable bonds is 1. The Morgan fingerprint density at radius 3 is 2.89 bits per heavy atom. The average molecular weight is 242 g/mol. The van der Waals surface area contributed by atoms with Crippen molar-refractivity contribution in [1.29, 1.82) is 0 Å². The van der Waals surface area contributed by atoms with Crippen molar-refractivity contribution in [2.24, 2.45) is 0 Å². The van der Waals surface area contributed by atoms with Gasteiger partial charge in [0.2, 0.25) is 0 Å². The fraction of sp³-hybridized carbons (Fsp3) is 0.333. The van der Waals surface area contributed by atoms with E-state index in [1.165, 1.54) is 16.7 Å². The second-order valence-electron chi connectivity index (χ2n) is 5.11. The summed E-state index contributed by atoms with van der Waals surface area (Å²) in [6.07, 6.45) is 3.57. The summed E-state index contributed by atoms with van der Waals surface area (Å²) in [5, 5.41) is 3.55. The highest BCUT2D eigenvalue weighted by atomic mass is 16.3. The van der Waals surface area contributed by atoms with E-state index in [1.807, 2.05) is 0 Å². The largest absolute Gasteiger partial charge is 0.468 e. The number of fused-ring (bicyclic) bond motifs is 1. The van der Waals surface area contributed by atoms with Crippen molar-refractivity contribution >= 4 is 11.4 Å². The molecule has 3 heteroatoms. The van der Waals surface area contributed by atoms with Gasteiger partial charge in [0.15, 0.2) is 0 Å². The molecule has 1 atom stereocenters. The average Bonchev–Trinajstić information content (AvgIpc) is 2.77. The summed E-state index contributed by atoms with van der Waals surface area (Å²) in [7, 11) is 2.10. The van der Waals surface area contributed by atoms with Crippen molar-refractivity contribution < 1.29 is 4.42 Å². The number of hydrogen-bond donors (Lipinski definition) is 1. The van der Waals surface area contributed by atoms with Gasteiger partial charge in [-0.2, -0.15) is 0 Å². The lowest BCUT2D eigenvalue weighted by atomic mass is 9.97. The normalized spacial score (nSPS) is 18.4.